The van der Waals surface area contributed by atoms with E-state index in [1.807, 2.05) is 28.6 Å². The van der Waals surface area contributed by atoms with Gasteiger partial charge in [0.1, 0.15) is 17.3 Å². The Morgan fingerprint density at radius 2 is 2.05 bits per heavy atom. The monoisotopic (exact) mass is 287 g/mol. The molecule has 0 saturated carbocycles. The zero-order valence-corrected chi connectivity index (χ0v) is 13.6. The van der Waals surface area contributed by atoms with Crippen LogP contribution in [0.3, 0.4) is 0 Å². The summed E-state index contributed by atoms with van der Waals surface area (Å²) in [4.78, 5) is 4.74. The van der Waals surface area contributed by atoms with Gasteiger partial charge in [-0.1, -0.05) is 33.8 Å². The van der Waals surface area contributed by atoms with Crippen LogP contribution in [0.2, 0.25) is 0 Å². The number of anilines is 1. The van der Waals surface area contributed by atoms with Gasteiger partial charge in [0.05, 0.1) is 5.69 Å². The van der Waals surface area contributed by atoms with Crippen molar-refractivity contribution in [1.29, 1.82) is 0 Å². The van der Waals surface area contributed by atoms with E-state index in [0.29, 0.717) is 12.4 Å². The van der Waals surface area contributed by atoms with Crippen LogP contribution in [0.4, 0.5) is 5.82 Å². The summed E-state index contributed by atoms with van der Waals surface area (Å²) in [6.45, 7) is 13.0. The van der Waals surface area contributed by atoms with Crippen molar-refractivity contribution in [2.75, 3.05) is 5.73 Å². The van der Waals surface area contributed by atoms with E-state index in [4.69, 9.17) is 10.7 Å². The molecule has 2 aromatic heterocycles. The van der Waals surface area contributed by atoms with Crippen LogP contribution >= 0.6 is 0 Å². The van der Waals surface area contributed by atoms with E-state index in [1.165, 1.54) is 0 Å². The first-order valence-electron chi connectivity index (χ1n) is 7.29. The average Bonchev–Trinajstić information content (AvgIpc) is 2.92. The number of allylic oxidation sites excluding steroid dienone is 1. The summed E-state index contributed by atoms with van der Waals surface area (Å²) in [5, 5.41) is 4.60. The molecule has 5 nitrogen and oxygen atoms in total. The van der Waals surface area contributed by atoms with Gasteiger partial charge in [0.25, 0.3) is 0 Å². The third-order valence-corrected chi connectivity index (χ3v) is 3.51. The highest BCUT2D eigenvalue weighted by molar-refractivity contribution is 5.73. The molecule has 0 aliphatic carbocycles. The molecule has 2 rings (SSSR count). The van der Waals surface area contributed by atoms with Gasteiger partial charge in [0.2, 0.25) is 0 Å². The van der Waals surface area contributed by atoms with Gasteiger partial charge in [-0.2, -0.15) is 5.10 Å². The minimum atomic E-state index is -0.0579. The second kappa shape index (κ2) is 5.39. The van der Waals surface area contributed by atoms with Crippen molar-refractivity contribution in [3.63, 3.8) is 0 Å². The molecule has 5 heteroatoms. The highest BCUT2D eigenvalue weighted by Gasteiger charge is 2.26. The fourth-order valence-electron chi connectivity index (χ4n) is 2.53. The largest absolute Gasteiger partial charge is 0.383 e. The van der Waals surface area contributed by atoms with Crippen molar-refractivity contribution >= 4 is 5.82 Å². The number of aryl methyl sites for hydroxylation is 2. The first kappa shape index (κ1) is 15.4. The van der Waals surface area contributed by atoms with Gasteiger partial charge >= 0.3 is 0 Å². The van der Waals surface area contributed by atoms with Gasteiger partial charge < -0.3 is 10.3 Å². The number of hydrogen-bond acceptors (Lipinski definition) is 3. The Morgan fingerprint density at radius 1 is 1.38 bits per heavy atom. The van der Waals surface area contributed by atoms with E-state index >= 15 is 0 Å². The molecule has 0 fully saturated rings. The van der Waals surface area contributed by atoms with Crippen LogP contribution in [-0.4, -0.2) is 19.3 Å². The van der Waals surface area contributed by atoms with Crippen LogP contribution in [0.25, 0.3) is 11.3 Å². The van der Waals surface area contributed by atoms with Crippen LogP contribution in [0, 0.1) is 0 Å². The van der Waals surface area contributed by atoms with E-state index in [-0.39, 0.29) is 5.41 Å². The first-order chi connectivity index (χ1) is 9.79. The summed E-state index contributed by atoms with van der Waals surface area (Å²) >= 11 is 0. The molecule has 0 unspecified atom stereocenters. The van der Waals surface area contributed by atoms with E-state index < -0.39 is 0 Å². The van der Waals surface area contributed by atoms with Crippen molar-refractivity contribution in [1.82, 2.24) is 19.3 Å². The number of hydrogen-bond donors (Lipinski definition) is 1. The summed E-state index contributed by atoms with van der Waals surface area (Å²) in [5.41, 5.74) is 9.13. The maximum absolute atomic E-state index is 6.33. The van der Waals surface area contributed by atoms with Crippen molar-refractivity contribution in [3.8, 4) is 11.3 Å². The molecule has 21 heavy (non-hydrogen) atoms. The minimum Gasteiger partial charge on any atom is -0.383 e. The Labute approximate surface area is 126 Å². The van der Waals surface area contributed by atoms with Crippen molar-refractivity contribution in [2.24, 2.45) is 7.05 Å². The summed E-state index contributed by atoms with van der Waals surface area (Å²) in [6, 6.07) is 0. The van der Waals surface area contributed by atoms with Crippen molar-refractivity contribution in [3.05, 3.63) is 30.4 Å². The normalized spacial score (nSPS) is 11.9. The number of rotatable bonds is 4. The maximum atomic E-state index is 6.33. The van der Waals surface area contributed by atoms with E-state index in [9.17, 15) is 0 Å². The summed E-state index contributed by atoms with van der Waals surface area (Å²) in [6.07, 6.45) is 4.68. The van der Waals surface area contributed by atoms with E-state index in [0.717, 1.165) is 29.2 Å². The van der Waals surface area contributed by atoms with Gasteiger partial charge in [0.15, 0.2) is 0 Å². The smallest absolute Gasteiger partial charge is 0.132 e. The molecule has 0 aliphatic heterocycles. The highest BCUT2D eigenvalue weighted by Crippen LogP contribution is 2.34. The number of aromatic nitrogens is 4. The summed E-state index contributed by atoms with van der Waals surface area (Å²) in [7, 11) is 1.93. The van der Waals surface area contributed by atoms with Crippen LogP contribution < -0.4 is 5.73 Å². The van der Waals surface area contributed by atoms with Crippen molar-refractivity contribution < 1.29 is 0 Å². The van der Waals surface area contributed by atoms with Gasteiger partial charge in [0, 0.05) is 37.2 Å². The molecule has 0 saturated heterocycles. The molecule has 2 N–H and O–H groups in total. The second-order valence-corrected chi connectivity index (χ2v) is 6.33. The van der Waals surface area contributed by atoms with Crippen molar-refractivity contribution in [2.45, 2.75) is 46.1 Å². The molecule has 0 aromatic carbocycles. The van der Waals surface area contributed by atoms with Gasteiger partial charge in [-0.15, -0.1) is 6.58 Å². The van der Waals surface area contributed by atoms with Crippen LogP contribution in [0.5, 0.6) is 0 Å². The molecule has 2 aromatic rings. The molecule has 0 radical (unpaired) electrons. The molecule has 0 atom stereocenters. The third kappa shape index (κ3) is 2.73. The molecule has 2 heterocycles. The topological polar surface area (TPSA) is 61.7 Å². The van der Waals surface area contributed by atoms with Gasteiger partial charge in [-0.25, -0.2) is 4.98 Å². The lowest BCUT2D eigenvalue weighted by molar-refractivity contribution is 0.554. The Hall–Kier alpha value is -2.04. The minimum absolute atomic E-state index is 0.0579. The maximum Gasteiger partial charge on any atom is 0.132 e. The first-order valence-corrected chi connectivity index (χ1v) is 7.29. The summed E-state index contributed by atoms with van der Waals surface area (Å²) < 4.78 is 3.84. The van der Waals surface area contributed by atoms with Gasteiger partial charge in [-0.3, -0.25) is 4.68 Å². The number of nitrogens with two attached hydrogens (primary N) is 1. The van der Waals surface area contributed by atoms with E-state index in [1.54, 1.807) is 0 Å². The second-order valence-electron chi connectivity index (χ2n) is 6.33. The molecule has 0 amide bonds. The third-order valence-electron chi connectivity index (χ3n) is 3.51. The summed E-state index contributed by atoms with van der Waals surface area (Å²) in [5.74, 6) is 1.66. The molecule has 114 valence electrons. The lowest BCUT2D eigenvalue weighted by Crippen LogP contribution is -2.14. The Kier molecular flexibility index (Phi) is 3.94. The number of imidazole rings is 1. The van der Waals surface area contributed by atoms with Crippen LogP contribution in [0.15, 0.2) is 18.9 Å². The fraction of sp³-hybridized carbons (Fsp3) is 0.500. The molecular weight excluding hydrogens is 262 g/mol. The Balaban J connectivity index is 2.65. The zero-order valence-electron chi connectivity index (χ0n) is 13.6. The fourth-order valence-corrected chi connectivity index (χ4v) is 2.53. The molecule has 0 aliphatic rings. The Morgan fingerprint density at radius 3 is 2.57 bits per heavy atom. The molecular formula is C16H25N5. The number of nitrogen functional groups attached to an aromatic ring is 1. The van der Waals surface area contributed by atoms with Crippen LogP contribution in [-0.2, 0) is 25.4 Å². The average molecular weight is 287 g/mol. The molecule has 0 bridgehead atoms. The lowest BCUT2D eigenvalue weighted by atomic mass is 9.89. The molecule has 0 spiro atoms. The number of nitrogens with zero attached hydrogens (tertiary/aromatic N) is 4. The lowest BCUT2D eigenvalue weighted by Gasteiger charge is -2.17. The SMILES string of the molecule is C=CCn1c(CC)nc(-c2cn(C)nc2C(C)(C)C)c1N. The highest BCUT2D eigenvalue weighted by atomic mass is 15.3. The standard InChI is InChI=1S/C16H25N5/c1-7-9-21-12(8-2)18-13(15(21)17)11-10-20(6)19-14(11)16(3,4)5/h7,10H,1,8-9,17H2,2-6H3. The predicted molar refractivity (Wildman–Crippen MR) is 87.1 cm³/mol. The van der Waals surface area contributed by atoms with Gasteiger partial charge in [-0.05, 0) is 0 Å². The zero-order chi connectivity index (χ0) is 15.8. The predicted octanol–water partition coefficient (Wildman–Crippen LogP) is 2.91. The Bertz CT molecular complexity index is 655. The quantitative estimate of drug-likeness (QED) is 0.879. The van der Waals surface area contributed by atoms with Crippen LogP contribution in [0.1, 0.15) is 39.2 Å². The van der Waals surface area contributed by atoms with E-state index in [2.05, 4.69) is 39.4 Å².